The Balaban J connectivity index is 1.47. The van der Waals surface area contributed by atoms with E-state index in [0.29, 0.717) is 13.1 Å². The van der Waals surface area contributed by atoms with Crippen LogP contribution < -0.4 is 10.6 Å². The van der Waals surface area contributed by atoms with Crippen LogP contribution in [-0.2, 0) is 11.3 Å². The first-order chi connectivity index (χ1) is 16.1. The molecule has 11 heteroatoms. The van der Waals surface area contributed by atoms with Gasteiger partial charge in [0.2, 0.25) is 17.8 Å². The van der Waals surface area contributed by atoms with Gasteiger partial charge < -0.3 is 20.6 Å². The van der Waals surface area contributed by atoms with Crippen molar-refractivity contribution in [3.8, 4) is 11.3 Å². The second-order valence-corrected chi connectivity index (χ2v) is 9.38. The van der Waals surface area contributed by atoms with Crippen molar-refractivity contribution < 1.29 is 9.90 Å². The van der Waals surface area contributed by atoms with Gasteiger partial charge in [-0.1, -0.05) is 0 Å². The summed E-state index contributed by atoms with van der Waals surface area (Å²) in [5.41, 5.74) is 9.51. The van der Waals surface area contributed by atoms with Crippen molar-refractivity contribution in [1.82, 2.24) is 29.7 Å². The highest BCUT2D eigenvalue weighted by atomic mass is 32.1. The van der Waals surface area contributed by atoms with Crippen LogP contribution in [0.15, 0.2) is 17.8 Å². The molecule has 3 aromatic heterocycles. The Morgan fingerprint density at radius 2 is 1.76 bits per heavy atom. The fraction of sp³-hybridized carbons (Fsp3) is 0.500. The van der Waals surface area contributed by atoms with Crippen molar-refractivity contribution in [2.24, 2.45) is 0 Å². The van der Waals surface area contributed by atoms with Gasteiger partial charge in [0.1, 0.15) is 6.61 Å². The Hall–Kier alpha value is -2.89. The average molecular weight is 469 g/mol. The summed E-state index contributed by atoms with van der Waals surface area (Å²) in [5.74, 6) is 0.794. The Morgan fingerprint density at radius 1 is 1.03 bits per heavy atom. The number of aliphatic hydroxyl groups excluding tert-OH is 1. The van der Waals surface area contributed by atoms with Crippen LogP contribution in [0, 0.1) is 0 Å². The molecule has 2 saturated heterocycles. The minimum Gasteiger partial charge on any atom is -0.387 e. The Kier molecular flexibility index (Phi) is 6.34. The number of nitrogens with zero attached hydrogens (tertiary/aromatic N) is 7. The summed E-state index contributed by atoms with van der Waals surface area (Å²) < 4.78 is 1.02. The predicted molar refractivity (Wildman–Crippen MR) is 128 cm³/mol. The number of nitrogens with two attached hydrogens (primary N) is 1. The van der Waals surface area contributed by atoms with Crippen LogP contribution in [0.5, 0.6) is 0 Å². The molecule has 0 bridgehead atoms. The maximum Gasteiger partial charge on any atom is 0.248 e. The monoisotopic (exact) mass is 468 g/mol. The van der Waals surface area contributed by atoms with Crippen molar-refractivity contribution in [2.75, 3.05) is 56.5 Å². The molecule has 174 valence electrons. The lowest BCUT2D eigenvalue weighted by Crippen LogP contribution is -2.49. The van der Waals surface area contributed by atoms with E-state index in [-0.39, 0.29) is 11.9 Å². The van der Waals surface area contributed by atoms with Crippen LogP contribution in [0.1, 0.15) is 24.8 Å². The minimum atomic E-state index is -0.428. The number of amides is 1. The second kappa shape index (κ2) is 9.54. The van der Waals surface area contributed by atoms with E-state index in [4.69, 9.17) is 20.8 Å². The Bertz CT molecular complexity index is 1120. The molecule has 2 aliphatic heterocycles. The molecule has 0 unspecified atom stereocenters. The zero-order chi connectivity index (χ0) is 22.8. The van der Waals surface area contributed by atoms with E-state index in [2.05, 4.69) is 25.1 Å². The molecule has 0 aromatic carbocycles. The number of thiophene rings is 1. The van der Waals surface area contributed by atoms with Gasteiger partial charge in [0.05, 0.1) is 15.9 Å². The van der Waals surface area contributed by atoms with Gasteiger partial charge in [0.15, 0.2) is 0 Å². The highest BCUT2D eigenvalue weighted by Gasteiger charge is 2.24. The van der Waals surface area contributed by atoms with Crippen molar-refractivity contribution in [3.63, 3.8) is 0 Å². The van der Waals surface area contributed by atoms with Crippen LogP contribution in [-0.4, -0.2) is 86.6 Å². The summed E-state index contributed by atoms with van der Waals surface area (Å²) in [6, 6.07) is 0. The predicted octanol–water partition coefficient (Wildman–Crippen LogP) is 1.36. The molecule has 33 heavy (non-hydrogen) atoms. The van der Waals surface area contributed by atoms with Gasteiger partial charge in [-0.3, -0.25) is 9.69 Å². The van der Waals surface area contributed by atoms with E-state index in [0.717, 1.165) is 78.6 Å². The Morgan fingerprint density at radius 3 is 2.45 bits per heavy atom. The largest absolute Gasteiger partial charge is 0.387 e. The summed E-state index contributed by atoms with van der Waals surface area (Å²) in [6.45, 7) is 5.05. The van der Waals surface area contributed by atoms with E-state index < -0.39 is 6.61 Å². The molecule has 1 amide bonds. The number of piperidine rings is 1. The fourth-order valence-corrected chi connectivity index (χ4v) is 5.46. The second-order valence-electron chi connectivity index (χ2n) is 8.50. The molecule has 0 saturated carbocycles. The number of aliphatic hydroxyl groups is 1. The lowest BCUT2D eigenvalue weighted by atomic mass is 10.1. The summed E-state index contributed by atoms with van der Waals surface area (Å²) in [4.78, 5) is 36.4. The molecule has 2 fully saturated rings. The van der Waals surface area contributed by atoms with E-state index in [1.165, 1.54) is 6.42 Å². The first-order valence-corrected chi connectivity index (χ1v) is 12.2. The number of nitrogen functional groups attached to an aromatic ring is 1. The summed E-state index contributed by atoms with van der Waals surface area (Å²) in [6.07, 6.45) is 6.98. The molecule has 5 rings (SSSR count). The number of anilines is 2. The van der Waals surface area contributed by atoms with Gasteiger partial charge in [-0.05, 0) is 24.6 Å². The van der Waals surface area contributed by atoms with Crippen molar-refractivity contribution >= 4 is 39.4 Å². The highest BCUT2D eigenvalue weighted by Crippen LogP contribution is 2.35. The first kappa shape index (κ1) is 21.9. The SMILES string of the molecule is Nc1ncc(-c2nc(N3CCCCC3)nc3c(CN4CCN(C(=O)CO)CC4)csc23)cn1. The van der Waals surface area contributed by atoms with Crippen molar-refractivity contribution in [1.29, 1.82) is 0 Å². The number of fused-ring (bicyclic) bond motifs is 1. The highest BCUT2D eigenvalue weighted by molar-refractivity contribution is 7.17. The van der Waals surface area contributed by atoms with Crippen LogP contribution in [0.3, 0.4) is 0 Å². The zero-order valence-corrected chi connectivity index (χ0v) is 19.3. The van der Waals surface area contributed by atoms with Gasteiger partial charge in [0.25, 0.3) is 0 Å². The molecular formula is C22H28N8O2S. The van der Waals surface area contributed by atoms with E-state index >= 15 is 0 Å². The molecular weight excluding hydrogens is 440 g/mol. The maximum atomic E-state index is 11.8. The molecule has 3 aromatic rings. The quantitative estimate of drug-likeness (QED) is 0.571. The third-order valence-corrected chi connectivity index (χ3v) is 7.34. The molecule has 0 spiro atoms. The Labute approximate surface area is 196 Å². The molecule has 2 aliphatic rings. The fourth-order valence-electron chi connectivity index (χ4n) is 4.45. The summed E-state index contributed by atoms with van der Waals surface area (Å²) in [7, 11) is 0. The average Bonchev–Trinajstić information content (AvgIpc) is 3.27. The van der Waals surface area contributed by atoms with Crippen molar-refractivity contribution in [2.45, 2.75) is 25.8 Å². The molecule has 3 N–H and O–H groups in total. The smallest absolute Gasteiger partial charge is 0.248 e. The van der Waals surface area contributed by atoms with E-state index in [9.17, 15) is 4.79 Å². The van der Waals surface area contributed by atoms with Crippen molar-refractivity contribution in [3.05, 3.63) is 23.3 Å². The molecule has 0 aliphatic carbocycles. The molecule has 10 nitrogen and oxygen atoms in total. The summed E-state index contributed by atoms with van der Waals surface area (Å²) in [5, 5.41) is 11.3. The van der Waals surface area contributed by atoms with Crippen LogP contribution in [0.25, 0.3) is 21.5 Å². The zero-order valence-electron chi connectivity index (χ0n) is 18.5. The number of carbonyl (C=O) groups is 1. The van der Waals surface area contributed by atoms with Crippen LogP contribution >= 0.6 is 11.3 Å². The lowest BCUT2D eigenvalue weighted by molar-refractivity contribution is -0.135. The number of rotatable bonds is 5. The third-order valence-electron chi connectivity index (χ3n) is 6.32. The number of piperazine rings is 1. The van der Waals surface area contributed by atoms with Gasteiger partial charge in [-0.25, -0.2) is 19.9 Å². The maximum absolute atomic E-state index is 11.8. The third kappa shape index (κ3) is 4.61. The topological polar surface area (TPSA) is 125 Å². The van der Waals surface area contributed by atoms with Gasteiger partial charge >= 0.3 is 0 Å². The number of carbonyl (C=O) groups excluding carboxylic acids is 1. The van der Waals surface area contributed by atoms with Gasteiger partial charge in [0, 0.05) is 69.3 Å². The minimum absolute atomic E-state index is 0.204. The van der Waals surface area contributed by atoms with Gasteiger partial charge in [-0.2, -0.15) is 0 Å². The number of hydrogen-bond acceptors (Lipinski definition) is 10. The van der Waals surface area contributed by atoms with Crippen LogP contribution in [0.4, 0.5) is 11.9 Å². The molecule has 0 radical (unpaired) electrons. The number of aromatic nitrogens is 4. The van der Waals surface area contributed by atoms with Gasteiger partial charge in [-0.15, -0.1) is 11.3 Å². The number of hydrogen-bond donors (Lipinski definition) is 2. The molecule has 0 atom stereocenters. The standard InChI is InChI=1S/C22H28N8O2S/c23-21-24-10-15(11-25-21)18-20-19(27-22(26-18)30-4-2-1-3-5-30)16(14-33-20)12-28-6-8-29(9-7-28)17(32)13-31/h10-11,14,31H,1-9,12-13H2,(H2,23,24,25). The first-order valence-electron chi connectivity index (χ1n) is 11.3. The normalized spacial score (nSPS) is 17.6. The summed E-state index contributed by atoms with van der Waals surface area (Å²) >= 11 is 1.64. The van der Waals surface area contributed by atoms with E-state index in [1.807, 2.05) is 0 Å². The van der Waals surface area contributed by atoms with E-state index in [1.54, 1.807) is 28.6 Å². The van der Waals surface area contributed by atoms with Crippen LogP contribution in [0.2, 0.25) is 0 Å². The molecule has 5 heterocycles. The lowest BCUT2D eigenvalue weighted by Gasteiger charge is -2.34.